The topological polar surface area (TPSA) is 73.7 Å². The number of hydrogen-bond acceptors (Lipinski definition) is 5. The summed E-state index contributed by atoms with van der Waals surface area (Å²) in [4.78, 5) is 33.8. The molecule has 1 unspecified atom stereocenters. The molecule has 4 rings (SSSR count). The Kier molecular flexibility index (Phi) is 7.04. The molecule has 0 saturated carbocycles. The van der Waals surface area contributed by atoms with Crippen LogP contribution in [0.25, 0.3) is 16.6 Å². The summed E-state index contributed by atoms with van der Waals surface area (Å²) in [6, 6.07) is 23.1. The van der Waals surface area contributed by atoms with Crippen LogP contribution in [0.2, 0.25) is 0 Å². The van der Waals surface area contributed by atoms with Gasteiger partial charge in [-0.3, -0.25) is 14.2 Å². The van der Waals surface area contributed by atoms with E-state index in [9.17, 15) is 9.59 Å². The van der Waals surface area contributed by atoms with Crippen LogP contribution in [0.15, 0.2) is 83.7 Å². The lowest BCUT2D eigenvalue weighted by atomic mass is 10.1. The summed E-state index contributed by atoms with van der Waals surface area (Å²) in [7, 11) is 3.15. The standard InChI is InChI=1S/C27H27N3O4/c1-19(29(16-17-33-2)26(31)20-10-9-13-22(18-20)34-3)25-28-24-15-8-7-14-23(24)27(32)30(25)21-11-5-4-6-12-21/h4-15,18-19H,16-17H2,1-3H3. The van der Waals surface area contributed by atoms with E-state index in [0.717, 1.165) is 0 Å². The molecule has 1 amide bonds. The largest absolute Gasteiger partial charge is 0.497 e. The van der Waals surface area contributed by atoms with Gasteiger partial charge in [-0.25, -0.2) is 4.98 Å². The number of nitrogens with zero attached hydrogens (tertiary/aromatic N) is 3. The van der Waals surface area contributed by atoms with Gasteiger partial charge in [-0.05, 0) is 49.4 Å². The first kappa shape index (κ1) is 23.2. The summed E-state index contributed by atoms with van der Waals surface area (Å²) in [6.45, 7) is 2.54. The van der Waals surface area contributed by atoms with E-state index in [1.165, 1.54) is 0 Å². The van der Waals surface area contributed by atoms with E-state index in [2.05, 4.69) is 0 Å². The molecule has 0 aliphatic heterocycles. The van der Waals surface area contributed by atoms with Crippen molar-refractivity contribution in [3.63, 3.8) is 0 Å². The monoisotopic (exact) mass is 457 g/mol. The molecule has 0 N–H and O–H groups in total. The number of amides is 1. The van der Waals surface area contributed by atoms with Gasteiger partial charge in [0.2, 0.25) is 0 Å². The van der Waals surface area contributed by atoms with E-state index in [1.54, 1.807) is 54.0 Å². The summed E-state index contributed by atoms with van der Waals surface area (Å²) in [6.07, 6.45) is 0. The zero-order valence-electron chi connectivity index (χ0n) is 19.5. The van der Waals surface area contributed by atoms with Gasteiger partial charge >= 0.3 is 0 Å². The molecule has 0 bridgehead atoms. The highest BCUT2D eigenvalue weighted by molar-refractivity contribution is 5.95. The Hall–Kier alpha value is -3.97. The molecule has 0 radical (unpaired) electrons. The number of aromatic nitrogens is 2. The summed E-state index contributed by atoms with van der Waals surface area (Å²) < 4.78 is 12.2. The molecule has 4 aromatic rings. The van der Waals surface area contributed by atoms with E-state index >= 15 is 0 Å². The molecule has 0 aliphatic rings. The molecule has 1 aromatic heterocycles. The fraction of sp³-hybridized carbons (Fsp3) is 0.222. The smallest absolute Gasteiger partial charge is 0.266 e. The molecular formula is C27H27N3O4. The molecule has 174 valence electrons. The minimum atomic E-state index is -0.522. The highest BCUT2D eigenvalue weighted by Gasteiger charge is 2.27. The van der Waals surface area contributed by atoms with E-state index in [0.29, 0.717) is 46.9 Å². The van der Waals surface area contributed by atoms with Gasteiger partial charge in [-0.2, -0.15) is 0 Å². The quantitative estimate of drug-likeness (QED) is 0.396. The van der Waals surface area contributed by atoms with Crippen LogP contribution in [-0.4, -0.2) is 47.7 Å². The zero-order valence-corrected chi connectivity index (χ0v) is 19.5. The maximum atomic E-state index is 13.6. The number of para-hydroxylation sites is 2. The van der Waals surface area contributed by atoms with E-state index in [1.807, 2.05) is 55.5 Å². The Balaban J connectivity index is 1.88. The zero-order chi connectivity index (χ0) is 24.1. The van der Waals surface area contributed by atoms with E-state index in [-0.39, 0.29) is 11.5 Å². The fourth-order valence-electron chi connectivity index (χ4n) is 3.98. The average Bonchev–Trinajstić information content (AvgIpc) is 2.89. The minimum Gasteiger partial charge on any atom is -0.497 e. The Morgan fingerprint density at radius 1 is 1.00 bits per heavy atom. The Morgan fingerprint density at radius 3 is 2.47 bits per heavy atom. The number of carbonyl (C=O) groups is 1. The molecule has 7 heteroatoms. The van der Waals surface area contributed by atoms with Gasteiger partial charge < -0.3 is 14.4 Å². The SMILES string of the molecule is COCCN(C(=O)c1cccc(OC)c1)C(C)c1nc2ccccc2c(=O)n1-c1ccccc1. The van der Waals surface area contributed by atoms with Crippen LogP contribution in [-0.2, 0) is 4.74 Å². The van der Waals surface area contributed by atoms with Gasteiger partial charge in [0.05, 0.1) is 36.3 Å². The normalized spacial score (nSPS) is 11.9. The third-order valence-electron chi connectivity index (χ3n) is 5.77. The summed E-state index contributed by atoms with van der Waals surface area (Å²) in [5.41, 5.74) is 1.58. The number of hydrogen-bond donors (Lipinski definition) is 0. The molecule has 3 aromatic carbocycles. The van der Waals surface area contributed by atoms with Crippen LogP contribution in [0.5, 0.6) is 5.75 Å². The van der Waals surface area contributed by atoms with E-state index < -0.39 is 6.04 Å². The van der Waals surface area contributed by atoms with Gasteiger partial charge in [0, 0.05) is 19.2 Å². The predicted octanol–water partition coefficient (Wildman–Crippen LogP) is 4.24. The van der Waals surface area contributed by atoms with Crippen LogP contribution in [0.1, 0.15) is 29.1 Å². The predicted molar refractivity (Wildman–Crippen MR) is 132 cm³/mol. The van der Waals surface area contributed by atoms with Gasteiger partial charge in [0.1, 0.15) is 11.6 Å². The van der Waals surface area contributed by atoms with Crippen LogP contribution in [0.4, 0.5) is 0 Å². The lowest BCUT2D eigenvalue weighted by molar-refractivity contribution is 0.0605. The van der Waals surface area contributed by atoms with Gasteiger partial charge in [-0.15, -0.1) is 0 Å². The summed E-state index contributed by atoms with van der Waals surface area (Å²) >= 11 is 0. The fourth-order valence-corrected chi connectivity index (χ4v) is 3.98. The molecule has 7 nitrogen and oxygen atoms in total. The van der Waals surface area contributed by atoms with Crippen molar-refractivity contribution in [1.82, 2.24) is 14.5 Å². The minimum absolute atomic E-state index is 0.181. The number of methoxy groups -OCH3 is 2. The van der Waals surface area contributed by atoms with Crippen molar-refractivity contribution in [2.24, 2.45) is 0 Å². The van der Waals surface area contributed by atoms with Crippen LogP contribution in [0.3, 0.4) is 0 Å². The van der Waals surface area contributed by atoms with Crippen molar-refractivity contribution in [3.05, 3.63) is 101 Å². The second kappa shape index (κ2) is 10.3. The lowest BCUT2D eigenvalue weighted by Gasteiger charge is -2.30. The summed E-state index contributed by atoms with van der Waals surface area (Å²) in [5.74, 6) is 0.864. The number of benzene rings is 3. The lowest BCUT2D eigenvalue weighted by Crippen LogP contribution is -2.39. The highest BCUT2D eigenvalue weighted by Crippen LogP contribution is 2.25. The Labute approximate surface area is 198 Å². The second-order valence-electron chi connectivity index (χ2n) is 7.86. The van der Waals surface area contributed by atoms with Crippen molar-refractivity contribution in [3.8, 4) is 11.4 Å². The van der Waals surface area contributed by atoms with Crippen molar-refractivity contribution in [2.45, 2.75) is 13.0 Å². The molecule has 0 saturated heterocycles. The first-order valence-corrected chi connectivity index (χ1v) is 11.1. The van der Waals surface area contributed by atoms with Gasteiger partial charge in [-0.1, -0.05) is 36.4 Å². The molecular weight excluding hydrogens is 430 g/mol. The maximum Gasteiger partial charge on any atom is 0.266 e. The molecule has 34 heavy (non-hydrogen) atoms. The van der Waals surface area contributed by atoms with Crippen molar-refractivity contribution in [2.75, 3.05) is 27.4 Å². The third-order valence-corrected chi connectivity index (χ3v) is 5.77. The molecule has 0 spiro atoms. The maximum absolute atomic E-state index is 13.6. The number of fused-ring (bicyclic) bond motifs is 1. The number of carbonyl (C=O) groups excluding carboxylic acids is 1. The molecule has 1 atom stereocenters. The van der Waals surface area contributed by atoms with Crippen LogP contribution in [0, 0.1) is 0 Å². The number of ether oxygens (including phenoxy) is 2. The Bertz CT molecular complexity index is 1350. The van der Waals surface area contributed by atoms with Crippen LogP contribution < -0.4 is 10.3 Å². The van der Waals surface area contributed by atoms with E-state index in [4.69, 9.17) is 14.5 Å². The number of rotatable bonds is 8. The summed E-state index contributed by atoms with van der Waals surface area (Å²) in [5, 5.41) is 0.518. The van der Waals surface area contributed by atoms with Crippen LogP contribution >= 0.6 is 0 Å². The molecule has 0 aliphatic carbocycles. The molecule has 0 fully saturated rings. The first-order chi connectivity index (χ1) is 16.5. The van der Waals surface area contributed by atoms with Crippen molar-refractivity contribution >= 4 is 16.8 Å². The highest BCUT2D eigenvalue weighted by atomic mass is 16.5. The first-order valence-electron chi connectivity index (χ1n) is 11.1. The average molecular weight is 458 g/mol. The second-order valence-corrected chi connectivity index (χ2v) is 7.86. The van der Waals surface area contributed by atoms with Gasteiger partial charge in [0.15, 0.2) is 0 Å². The third kappa shape index (κ3) is 4.56. The Morgan fingerprint density at radius 2 is 1.74 bits per heavy atom. The van der Waals surface area contributed by atoms with Gasteiger partial charge in [0.25, 0.3) is 11.5 Å². The molecule has 1 heterocycles. The van der Waals surface area contributed by atoms with Crippen molar-refractivity contribution in [1.29, 1.82) is 0 Å². The van der Waals surface area contributed by atoms with Crippen molar-refractivity contribution < 1.29 is 14.3 Å².